The highest BCUT2D eigenvalue weighted by Gasteiger charge is 2.24. The predicted octanol–water partition coefficient (Wildman–Crippen LogP) is 4.12. The topological polar surface area (TPSA) is 60.0 Å². The molecule has 1 atom stereocenters. The third-order valence-electron chi connectivity index (χ3n) is 4.82. The number of methoxy groups -OCH3 is 1. The molecule has 1 aromatic carbocycles. The first-order valence-corrected chi connectivity index (χ1v) is 11.6. The SMILES string of the molecule is CCOc1ccc(C(CNC(=O)/C=C/c2ccc(Br)s2)N2CCOCC2)cc1OC. The Bertz CT molecular complexity index is 865. The summed E-state index contributed by atoms with van der Waals surface area (Å²) in [7, 11) is 1.64. The maximum Gasteiger partial charge on any atom is 0.244 e. The minimum atomic E-state index is -0.115. The van der Waals surface area contributed by atoms with Crippen LogP contribution in [0, 0.1) is 0 Å². The molecule has 1 fully saturated rings. The molecule has 30 heavy (non-hydrogen) atoms. The van der Waals surface area contributed by atoms with Gasteiger partial charge in [-0.15, -0.1) is 11.3 Å². The number of carbonyl (C=O) groups excluding carboxylic acids is 1. The van der Waals surface area contributed by atoms with Crippen molar-refractivity contribution in [3.8, 4) is 11.5 Å². The second-order valence-electron chi connectivity index (χ2n) is 6.73. The number of rotatable bonds is 9. The van der Waals surface area contributed by atoms with Gasteiger partial charge < -0.3 is 19.5 Å². The van der Waals surface area contributed by atoms with Gasteiger partial charge in [-0.3, -0.25) is 9.69 Å². The van der Waals surface area contributed by atoms with Crippen molar-refractivity contribution in [3.05, 3.63) is 50.6 Å². The molecule has 0 saturated carbocycles. The number of nitrogens with zero attached hydrogens (tertiary/aromatic N) is 1. The predicted molar refractivity (Wildman–Crippen MR) is 123 cm³/mol. The van der Waals surface area contributed by atoms with Crippen molar-refractivity contribution in [2.75, 3.05) is 46.6 Å². The third-order valence-corrected chi connectivity index (χ3v) is 6.41. The fraction of sp³-hybridized carbons (Fsp3) is 0.409. The van der Waals surface area contributed by atoms with Gasteiger partial charge in [0.25, 0.3) is 0 Å². The lowest BCUT2D eigenvalue weighted by atomic mass is 10.0. The van der Waals surface area contributed by atoms with Gasteiger partial charge >= 0.3 is 0 Å². The number of ether oxygens (including phenoxy) is 3. The molecule has 0 bridgehead atoms. The molecule has 3 rings (SSSR count). The molecule has 0 spiro atoms. The molecular weight excluding hydrogens is 468 g/mol. The van der Waals surface area contributed by atoms with E-state index in [2.05, 4.69) is 26.1 Å². The van der Waals surface area contributed by atoms with Crippen LogP contribution in [0.15, 0.2) is 40.2 Å². The maximum atomic E-state index is 12.4. The lowest BCUT2D eigenvalue weighted by molar-refractivity contribution is -0.116. The van der Waals surface area contributed by atoms with E-state index in [0.717, 1.165) is 33.1 Å². The second kappa shape index (κ2) is 11.5. The summed E-state index contributed by atoms with van der Waals surface area (Å²) in [6.45, 7) is 6.02. The van der Waals surface area contributed by atoms with Crippen LogP contribution < -0.4 is 14.8 Å². The zero-order chi connectivity index (χ0) is 21.3. The first kappa shape index (κ1) is 22.8. The van der Waals surface area contributed by atoms with Gasteiger partial charge in [0.05, 0.1) is 36.8 Å². The smallest absolute Gasteiger partial charge is 0.244 e. The Morgan fingerprint density at radius 2 is 2.10 bits per heavy atom. The van der Waals surface area contributed by atoms with E-state index in [1.54, 1.807) is 24.5 Å². The number of morpholine rings is 1. The van der Waals surface area contributed by atoms with Crippen LogP contribution in [-0.4, -0.2) is 57.4 Å². The molecule has 2 aromatic rings. The fourth-order valence-electron chi connectivity index (χ4n) is 3.34. The molecule has 6 nitrogen and oxygen atoms in total. The number of amides is 1. The number of benzene rings is 1. The summed E-state index contributed by atoms with van der Waals surface area (Å²) in [5.74, 6) is 1.30. The van der Waals surface area contributed by atoms with Gasteiger partial charge in [-0.2, -0.15) is 0 Å². The van der Waals surface area contributed by atoms with Crippen LogP contribution in [0.4, 0.5) is 0 Å². The summed E-state index contributed by atoms with van der Waals surface area (Å²) in [5.41, 5.74) is 1.07. The summed E-state index contributed by atoms with van der Waals surface area (Å²) in [6.07, 6.45) is 3.40. The van der Waals surface area contributed by atoms with Gasteiger partial charge in [0, 0.05) is 30.6 Å². The largest absolute Gasteiger partial charge is 0.493 e. The molecule has 1 aliphatic rings. The minimum Gasteiger partial charge on any atom is -0.493 e. The first-order chi connectivity index (χ1) is 14.6. The quantitative estimate of drug-likeness (QED) is 0.531. The molecule has 8 heteroatoms. The van der Waals surface area contributed by atoms with Crippen molar-refractivity contribution in [2.24, 2.45) is 0 Å². The van der Waals surface area contributed by atoms with E-state index in [0.29, 0.717) is 32.1 Å². The molecule has 1 aliphatic heterocycles. The molecule has 1 amide bonds. The van der Waals surface area contributed by atoms with E-state index < -0.39 is 0 Å². The molecule has 162 valence electrons. The van der Waals surface area contributed by atoms with Crippen LogP contribution in [0.3, 0.4) is 0 Å². The minimum absolute atomic E-state index is 0.0201. The van der Waals surface area contributed by atoms with Crippen molar-refractivity contribution in [2.45, 2.75) is 13.0 Å². The zero-order valence-corrected chi connectivity index (χ0v) is 19.6. The van der Waals surface area contributed by atoms with Crippen LogP contribution in [0.2, 0.25) is 0 Å². The Morgan fingerprint density at radius 1 is 1.30 bits per heavy atom. The number of thiophene rings is 1. The monoisotopic (exact) mass is 494 g/mol. The van der Waals surface area contributed by atoms with Crippen LogP contribution in [-0.2, 0) is 9.53 Å². The van der Waals surface area contributed by atoms with Crippen molar-refractivity contribution in [1.29, 1.82) is 0 Å². The number of hydrogen-bond donors (Lipinski definition) is 1. The molecule has 1 N–H and O–H groups in total. The van der Waals surface area contributed by atoms with Crippen molar-refractivity contribution in [3.63, 3.8) is 0 Å². The van der Waals surface area contributed by atoms with Crippen LogP contribution in [0.5, 0.6) is 11.5 Å². The summed E-state index contributed by atoms with van der Waals surface area (Å²) < 4.78 is 17.7. The fourth-order valence-corrected chi connectivity index (χ4v) is 4.67. The van der Waals surface area contributed by atoms with Gasteiger partial charge in [0.2, 0.25) is 5.91 Å². The van der Waals surface area contributed by atoms with Gasteiger partial charge in [0.1, 0.15) is 0 Å². The standard InChI is InChI=1S/C22H27BrN2O4S/c1-3-29-19-7-4-16(14-20(19)27-2)18(25-10-12-28-13-11-25)15-24-22(26)9-6-17-5-8-21(23)30-17/h4-9,14,18H,3,10-13,15H2,1-2H3,(H,24,26)/b9-6+. The van der Waals surface area contributed by atoms with Crippen LogP contribution >= 0.6 is 27.3 Å². The number of halogens is 1. The highest BCUT2D eigenvalue weighted by atomic mass is 79.9. The lowest BCUT2D eigenvalue weighted by Gasteiger charge is -2.35. The summed E-state index contributed by atoms with van der Waals surface area (Å²) in [6, 6.07) is 9.93. The highest BCUT2D eigenvalue weighted by molar-refractivity contribution is 9.11. The Labute approximate surface area is 189 Å². The Kier molecular flexibility index (Phi) is 8.74. The van der Waals surface area contributed by atoms with E-state index in [-0.39, 0.29) is 11.9 Å². The Balaban J connectivity index is 1.72. The van der Waals surface area contributed by atoms with Gasteiger partial charge in [0.15, 0.2) is 11.5 Å². The van der Waals surface area contributed by atoms with E-state index in [1.165, 1.54) is 0 Å². The van der Waals surface area contributed by atoms with Gasteiger partial charge in [-0.05, 0) is 58.8 Å². The van der Waals surface area contributed by atoms with E-state index in [4.69, 9.17) is 14.2 Å². The lowest BCUT2D eigenvalue weighted by Crippen LogP contribution is -2.43. The van der Waals surface area contributed by atoms with Gasteiger partial charge in [-0.25, -0.2) is 0 Å². The molecule has 0 aliphatic carbocycles. The number of carbonyl (C=O) groups is 1. The molecular formula is C22H27BrN2O4S. The number of nitrogens with one attached hydrogen (secondary N) is 1. The van der Waals surface area contributed by atoms with E-state index >= 15 is 0 Å². The van der Waals surface area contributed by atoms with Crippen molar-refractivity contribution < 1.29 is 19.0 Å². The van der Waals surface area contributed by atoms with Crippen LogP contribution in [0.1, 0.15) is 23.4 Å². The zero-order valence-electron chi connectivity index (χ0n) is 17.2. The van der Waals surface area contributed by atoms with Gasteiger partial charge in [-0.1, -0.05) is 6.07 Å². The van der Waals surface area contributed by atoms with Crippen molar-refractivity contribution in [1.82, 2.24) is 10.2 Å². The maximum absolute atomic E-state index is 12.4. The van der Waals surface area contributed by atoms with Crippen molar-refractivity contribution >= 4 is 39.2 Å². The Morgan fingerprint density at radius 3 is 2.77 bits per heavy atom. The Hall–Kier alpha value is -1.87. The molecule has 1 aromatic heterocycles. The van der Waals surface area contributed by atoms with E-state index in [1.807, 2.05) is 43.3 Å². The molecule has 0 radical (unpaired) electrons. The third kappa shape index (κ3) is 6.31. The molecule has 2 heterocycles. The average Bonchev–Trinajstić information content (AvgIpc) is 3.19. The normalized spacial score (nSPS) is 15.8. The first-order valence-electron chi connectivity index (χ1n) is 9.94. The molecule has 1 saturated heterocycles. The second-order valence-corrected chi connectivity index (χ2v) is 9.22. The van der Waals surface area contributed by atoms with Crippen LogP contribution in [0.25, 0.3) is 6.08 Å². The molecule has 1 unspecified atom stereocenters. The summed E-state index contributed by atoms with van der Waals surface area (Å²) >= 11 is 5.02. The number of hydrogen-bond acceptors (Lipinski definition) is 6. The van der Waals surface area contributed by atoms with E-state index in [9.17, 15) is 4.79 Å². The average molecular weight is 495 g/mol. The summed E-state index contributed by atoms with van der Waals surface area (Å²) in [4.78, 5) is 15.8. The summed E-state index contributed by atoms with van der Waals surface area (Å²) in [5, 5.41) is 3.05. The highest BCUT2D eigenvalue weighted by Crippen LogP contribution is 2.32.